The third-order valence-electron chi connectivity index (χ3n) is 5.35. The number of nitrogens with zero attached hydrogens (tertiary/aromatic N) is 2. The summed E-state index contributed by atoms with van der Waals surface area (Å²) in [7, 11) is 0. The zero-order chi connectivity index (χ0) is 16.9. The lowest BCUT2D eigenvalue weighted by atomic mass is 9.78. The lowest BCUT2D eigenvalue weighted by molar-refractivity contribution is 0.524. The van der Waals surface area contributed by atoms with E-state index < -0.39 is 0 Å². The molecule has 2 heteroatoms. The highest BCUT2D eigenvalue weighted by Gasteiger charge is 2.46. The van der Waals surface area contributed by atoms with Crippen LogP contribution in [0.1, 0.15) is 22.3 Å². The van der Waals surface area contributed by atoms with Crippen molar-refractivity contribution in [1.82, 2.24) is 9.55 Å². The van der Waals surface area contributed by atoms with Crippen molar-refractivity contribution in [2.24, 2.45) is 0 Å². The number of imidazole rings is 1. The average molecular weight is 322 g/mol. The second-order valence-corrected chi connectivity index (χ2v) is 6.59. The maximum Gasteiger partial charge on any atom is 0.123 e. The molecular weight excluding hydrogens is 304 g/mol. The minimum atomic E-state index is -0.380. The number of hydrogen-bond donors (Lipinski definition) is 0. The predicted octanol–water partition coefficient (Wildman–Crippen LogP) is 5.01. The second kappa shape index (κ2) is 5.18. The number of benzene rings is 3. The largest absolute Gasteiger partial charge is 0.319 e. The zero-order valence-corrected chi connectivity index (χ0v) is 14.1. The summed E-state index contributed by atoms with van der Waals surface area (Å²) in [6, 6.07) is 26.1. The topological polar surface area (TPSA) is 17.8 Å². The fourth-order valence-corrected chi connectivity index (χ4v) is 4.36. The van der Waals surface area contributed by atoms with E-state index in [-0.39, 0.29) is 5.54 Å². The van der Waals surface area contributed by atoms with E-state index in [0.717, 1.165) is 0 Å². The van der Waals surface area contributed by atoms with Gasteiger partial charge in [-0.3, -0.25) is 0 Å². The van der Waals surface area contributed by atoms with Crippen LogP contribution < -0.4 is 0 Å². The maximum atomic E-state index is 4.38. The van der Waals surface area contributed by atoms with Crippen LogP contribution >= 0.6 is 0 Å². The molecule has 1 aliphatic rings. The summed E-state index contributed by atoms with van der Waals surface area (Å²) in [5.41, 5.74) is 7.42. The van der Waals surface area contributed by atoms with Crippen LogP contribution in [0.2, 0.25) is 0 Å². The van der Waals surface area contributed by atoms with Crippen LogP contribution in [0.25, 0.3) is 11.1 Å². The minimum absolute atomic E-state index is 0.380. The van der Waals surface area contributed by atoms with Crippen LogP contribution in [-0.2, 0) is 5.54 Å². The first-order valence-electron chi connectivity index (χ1n) is 8.57. The Labute approximate surface area is 147 Å². The van der Waals surface area contributed by atoms with Crippen molar-refractivity contribution >= 4 is 0 Å². The van der Waals surface area contributed by atoms with E-state index in [4.69, 9.17) is 0 Å². The third-order valence-corrected chi connectivity index (χ3v) is 5.35. The van der Waals surface area contributed by atoms with Gasteiger partial charge in [0.25, 0.3) is 0 Å². The zero-order valence-electron chi connectivity index (χ0n) is 14.1. The molecule has 25 heavy (non-hydrogen) atoms. The number of aryl methyl sites for hydroxylation is 1. The number of rotatable bonds is 2. The van der Waals surface area contributed by atoms with Crippen molar-refractivity contribution < 1.29 is 0 Å². The first-order valence-corrected chi connectivity index (χ1v) is 8.57. The molecule has 1 aromatic heterocycles. The molecule has 4 aromatic rings. The molecule has 0 unspecified atom stereocenters. The smallest absolute Gasteiger partial charge is 0.123 e. The van der Waals surface area contributed by atoms with E-state index >= 15 is 0 Å². The van der Waals surface area contributed by atoms with Crippen molar-refractivity contribution in [1.29, 1.82) is 0 Å². The highest BCUT2D eigenvalue weighted by Crippen LogP contribution is 2.53. The molecule has 0 N–H and O–H groups in total. The SMILES string of the molecule is Cc1ccccc1C1(n2ccnc2)c2ccccc2-c2ccccc21. The third kappa shape index (κ3) is 1.77. The van der Waals surface area contributed by atoms with Gasteiger partial charge in [0.1, 0.15) is 5.54 Å². The molecule has 0 aliphatic heterocycles. The molecule has 0 saturated carbocycles. The number of aromatic nitrogens is 2. The van der Waals surface area contributed by atoms with Gasteiger partial charge in [-0.1, -0.05) is 72.8 Å². The van der Waals surface area contributed by atoms with Gasteiger partial charge in [-0.2, -0.15) is 0 Å². The lowest BCUT2D eigenvalue weighted by Gasteiger charge is -2.35. The molecule has 1 aliphatic carbocycles. The second-order valence-electron chi connectivity index (χ2n) is 6.59. The van der Waals surface area contributed by atoms with Gasteiger partial charge in [0.15, 0.2) is 0 Å². The summed E-state index contributed by atoms with van der Waals surface area (Å²) in [6.45, 7) is 2.19. The Balaban J connectivity index is 2.00. The van der Waals surface area contributed by atoms with Crippen LogP contribution in [0.5, 0.6) is 0 Å². The molecule has 5 rings (SSSR count). The van der Waals surface area contributed by atoms with Crippen LogP contribution in [0.3, 0.4) is 0 Å². The van der Waals surface area contributed by atoms with Crippen molar-refractivity contribution in [2.75, 3.05) is 0 Å². The average Bonchev–Trinajstić information content (AvgIpc) is 3.28. The van der Waals surface area contributed by atoms with Crippen LogP contribution in [0, 0.1) is 6.92 Å². The van der Waals surface area contributed by atoms with Crippen LogP contribution in [0.15, 0.2) is 91.5 Å². The molecule has 2 nitrogen and oxygen atoms in total. The van der Waals surface area contributed by atoms with E-state index in [1.165, 1.54) is 33.4 Å². The van der Waals surface area contributed by atoms with Gasteiger partial charge in [-0.15, -0.1) is 0 Å². The van der Waals surface area contributed by atoms with Gasteiger partial charge in [0.05, 0.1) is 6.33 Å². The van der Waals surface area contributed by atoms with Crippen LogP contribution in [-0.4, -0.2) is 9.55 Å². The molecule has 0 amide bonds. The quantitative estimate of drug-likeness (QED) is 0.446. The maximum absolute atomic E-state index is 4.38. The normalized spacial score (nSPS) is 14.1. The molecular formula is C23H18N2. The van der Waals surface area contributed by atoms with Gasteiger partial charge in [-0.05, 0) is 40.3 Å². The van der Waals surface area contributed by atoms with E-state index in [2.05, 4.69) is 95.5 Å². The van der Waals surface area contributed by atoms with E-state index in [9.17, 15) is 0 Å². The fraction of sp³-hybridized carbons (Fsp3) is 0.0870. The summed E-state index contributed by atoms with van der Waals surface area (Å²) >= 11 is 0. The van der Waals surface area contributed by atoms with Gasteiger partial charge >= 0.3 is 0 Å². The molecule has 0 bridgehead atoms. The molecule has 1 heterocycles. The van der Waals surface area contributed by atoms with Gasteiger partial charge in [-0.25, -0.2) is 4.98 Å². The van der Waals surface area contributed by atoms with E-state index in [0.29, 0.717) is 0 Å². The predicted molar refractivity (Wildman–Crippen MR) is 101 cm³/mol. The van der Waals surface area contributed by atoms with Crippen molar-refractivity contribution in [3.63, 3.8) is 0 Å². The molecule has 0 fully saturated rings. The fourth-order valence-electron chi connectivity index (χ4n) is 4.36. The Morgan fingerprint density at radius 1 is 0.720 bits per heavy atom. The van der Waals surface area contributed by atoms with Gasteiger partial charge < -0.3 is 4.57 Å². The monoisotopic (exact) mass is 322 g/mol. The Morgan fingerprint density at radius 2 is 1.28 bits per heavy atom. The minimum Gasteiger partial charge on any atom is -0.319 e. The molecule has 0 saturated heterocycles. The van der Waals surface area contributed by atoms with Crippen LogP contribution in [0.4, 0.5) is 0 Å². The van der Waals surface area contributed by atoms with E-state index in [1.54, 1.807) is 0 Å². The lowest BCUT2D eigenvalue weighted by Crippen LogP contribution is -2.35. The highest BCUT2D eigenvalue weighted by atomic mass is 15.1. The molecule has 0 atom stereocenters. The van der Waals surface area contributed by atoms with Crippen molar-refractivity contribution in [3.8, 4) is 11.1 Å². The van der Waals surface area contributed by atoms with Crippen molar-refractivity contribution in [3.05, 3.63) is 114 Å². The van der Waals surface area contributed by atoms with Gasteiger partial charge in [0, 0.05) is 12.4 Å². The van der Waals surface area contributed by atoms with Crippen molar-refractivity contribution in [2.45, 2.75) is 12.5 Å². The summed E-state index contributed by atoms with van der Waals surface area (Å²) < 4.78 is 2.25. The summed E-state index contributed by atoms with van der Waals surface area (Å²) in [4.78, 5) is 4.38. The Kier molecular flexibility index (Phi) is 2.95. The highest BCUT2D eigenvalue weighted by molar-refractivity contribution is 5.83. The number of hydrogen-bond acceptors (Lipinski definition) is 1. The first kappa shape index (κ1) is 14.2. The molecule has 120 valence electrons. The number of fused-ring (bicyclic) bond motifs is 3. The first-order chi connectivity index (χ1) is 12.3. The standard InChI is InChI=1S/C23H18N2/c1-17-8-2-5-11-20(17)23(25-15-14-24-16-25)21-12-6-3-9-18(21)19-10-4-7-13-22(19)23/h2-16H,1H3. The summed E-state index contributed by atoms with van der Waals surface area (Å²) in [5.74, 6) is 0. The molecule has 3 aromatic carbocycles. The van der Waals surface area contributed by atoms with E-state index in [1.807, 2.05) is 12.5 Å². The Morgan fingerprint density at radius 3 is 1.84 bits per heavy atom. The molecule has 0 spiro atoms. The Hall–Kier alpha value is -3.13. The Bertz CT molecular complexity index is 1020. The molecule has 0 radical (unpaired) electrons. The summed E-state index contributed by atoms with van der Waals surface area (Å²) in [5, 5.41) is 0. The summed E-state index contributed by atoms with van der Waals surface area (Å²) in [6.07, 6.45) is 5.88. The van der Waals surface area contributed by atoms with Gasteiger partial charge in [0.2, 0.25) is 0 Å².